The molecule has 9 heteroatoms. The lowest BCUT2D eigenvalue weighted by molar-refractivity contribution is 0.103. The van der Waals surface area contributed by atoms with Crippen molar-refractivity contribution in [3.8, 4) is 0 Å². The number of benzene rings is 1. The summed E-state index contributed by atoms with van der Waals surface area (Å²) in [4.78, 5) is 29.3. The summed E-state index contributed by atoms with van der Waals surface area (Å²) in [7, 11) is 0. The van der Waals surface area contributed by atoms with E-state index in [2.05, 4.69) is 35.7 Å². The molecule has 0 spiro atoms. The maximum absolute atomic E-state index is 11.8. The number of carbonyl (C=O) groups excluding carboxylic acids is 2. The molecule has 0 atom stereocenters. The Hall–Kier alpha value is -3.46. The van der Waals surface area contributed by atoms with Crippen LogP contribution in [0.5, 0.6) is 0 Å². The van der Waals surface area contributed by atoms with Gasteiger partial charge in [0.25, 0.3) is 0 Å². The summed E-state index contributed by atoms with van der Waals surface area (Å²) in [6.45, 7) is 14.0. The zero-order chi connectivity index (χ0) is 14.3. The van der Waals surface area contributed by atoms with E-state index in [4.69, 9.17) is 13.1 Å². The van der Waals surface area contributed by atoms with Crippen LogP contribution in [0, 0.1) is 13.1 Å². The fourth-order valence-corrected chi connectivity index (χ4v) is 2.17. The van der Waals surface area contributed by atoms with Gasteiger partial charge >= 0.3 is 11.8 Å². The zero-order valence-electron chi connectivity index (χ0n) is 9.81. The molecule has 96 valence electrons. The molecule has 0 aliphatic carbocycles. The molecule has 3 rings (SSSR count). The number of fused-ring (bicyclic) bond motifs is 2. The van der Waals surface area contributed by atoms with Crippen molar-refractivity contribution in [3.63, 3.8) is 0 Å². The van der Waals surface area contributed by atoms with Gasteiger partial charge in [-0.15, -0.1) is 0 Å². The smallest absolute Gasteiger partial charge is 0.367 e. The van der Waals surface area contributed by atoms with Gasteiger partial charge in [-0.25, -0.2) is 0 Å². The summed E-state index contributed by atoms with van der Waals surface area (Å²) in [5.74, 6) is -1.61. The molecule has 3 N–H and O–H groups in total. The van der Waals surface area contributed by atoms with Crippen molar-refractivity contribution >= 4 is 34.2 Å². The summed E-state index contributed by atoms with van der Waals surface area (Å²) < 4.78 is 0. The van der Waals surface area contributed by atoms with E-state index in [-0.39, 0.29) is 28.8 Å². The third-order valence-corrected chi connectivity index (χ3v) is 2.93. The van der Waals surface area contributed by atoms with Crippen LogP contribution >= 0.6 is 0 Å². The van der Waals surface area contributed by atoms with Gasteiger partial charge in [0.2, 0.25) is 0 Å². The fourth-order valence-electron chi connectivity index (χ4n) is 2.17. The second-order valence-corrected chi connectivity index (χ2v) is 3.89. The molecule has 0 unspecified atom stereocenters. The van der Waals surface area contributed by atoms with Gasteiger partial charge in [-0.2, -0.15) is 25.1 Å². The number of hydrogen-bond acceptors (Lipinski definition) is 6. The fraction of sp³-hybridized carbons (Fsp3) is 0.0909. The molecule has 2 amide bonds. The Balaban J connectivity index is 2.49. The van der Waals surface area contributed by atoms with Crippen LogP contribution in [0.25, 0.3) is 20.7 Å². The van der Waals surface area contributed by atoms with Crippen LogP contribution in [0.15, 0.2) is 0 Å². The average Bonchev–Trinajstić information content (AvgIpc) is 3.11. The number of rotatable bonds is 2. The first-order valence-electron chi connectivity index (χ1n) is 5.40. The molecule has 1 aliphatic heterocycles. The van der Waals surface area contributed by atoms with Gasteiger partial charge in [-0.3, -0.25) is 0 Å². The van der Waals surface area contributed by atoms with Gasteiger partial charge < -0.3 is 20.2 Å². The van der Waals surface area contributed by atoms with Crippen molar-refractivity contribution in [1.29, 1.82) is 0 Å². The van der Waals surface area contributed by atoms with E-state index in [0.29, 0.717) is 11.4 Å². The van der Waals surface area contributed by atoms with Gasteiger partial charge in [-0.05, 0) is 0 Å². The Labute approximate surface area is 111 Å². The maximum Gasteiger partial charge on any atom is 0.390 e. The number of amides is 2. The van der Waals surface area contributed by atoms with E-state index < -0.39 is 11.8 Å². The van der Waals surface area contributed by atoms with Crippen LogP contribution < -0.4 is 10.6 Å². The molecule has 1 aliphatic rings. The van der Waals surface area contributed by atoms with E-state index in [1.54, 1.807) is 0 Å². The largest absolute Gasteiger partial charge is 0.390 e. The standard InChI is InChI=1S/C11H5N7O2/c1-12-10(19)4-6-7(15-3-14-6)5(11(20)13-2)9-8(4)16-18-17-9/h14-15H,3H2,(H,16,17,18). The van der Waals surface area contributed by atoms with Gasteiger partial charge in [0, 0.05) is 0 Å². The van der Waals surface area contributed by atoms with Crippen LogP contribution in [0.4, 0.5) is 11.4 Å². The van der Waals surface area contributed by atoms with Crippen LogP contribution in [0.2, 0.25) is 0 Å². The van der Waals surface area contributed by atoms with Crippen molar-refractivity contribution in [1.82, 2.24) is 15.4 Å². The molecular weight excluding hydrogens is 262 g/mol. The third kappa shape index (κ3) is 1.34. The Morgan fingerprint density at radius 3 is 1.80 bits per heavy atom. The predicted molar refractivity (Wildman–Crippen MR) is 67.9 cm³/mol. The lowest BCUT2D eigenvalue weighted by atomic mass is 10.0. The molecule has 1 aromatic carbocycles. The van der Waals surface area contributed by atoms with E-state index in [1.807, 2.05) is 0 Å². The highest BCUT2D eigenvalue weighted by molar-refractivity contribution is 6.24. The number of anilines is 2. The number of carbonyl (C=O) groups is 2. The summed E-state index contributed by atoms with van der Waals surface area (Å²) in [6, 6.07) is 0. The second-order valence-electron chi connectivity index (χ2n) is 3.89. The van der Waals surface area contributed by atoms with Gasteiger partial charge in [0.15, 0.2) is 0 Å². The molecule has 0 bridgehead atoms. The summed E-state index contributed by atoms with van der Waals surface area (Å²) in [5.41, 5.74) is 0.912. The first kappa shape index (κ1) is 11.6. The minimum atomic E-state index is -0.807. The summed E-state index contributed by atoms with van der Waals surface area (Å²) in [5, 5.41) is 15.7. The lowest BCUT2D eigenvalue weighted by Crippen LogP contribution is -2.04. The van der Waals surface area contributed by atoms with Crippen LogP contribution in [0.3, 0.4) is 0 Å². The molecule has 0 fully saturated rings. The van der Waals surface area contributed by atoms with Crippen molar-refractivity contribution in [2.45, 2.75) is 0 Å². The van der Waals surface area contributed by atoms with Crippen molar-refractivity contribution < 1.29 is 9.59 Å². The number of nitrogens with one attached hydrogen (secondary N) is 3. The summed E-state index contributed by atoms with van der Waals surface area (Å²) >= 11 is 0. The minimum Gasteiger partial charge on any atom is -0.367 e. The molecule has 0 saturated carbocycles. The van der Waals surface area contributed by atoms with Crippen molar-refractivity contribution in [2.24, 2.45) is 0 Å². The average molecular weight is 267 g/mol. The predicted octanol–water partition coefficient (Wildman–Crippen LogP) is 0.872. The Kier molecular flexibility index (Phi) is 2.34. The van der Waals surface area contributed by atoms with Crippen LogP contribution in [-0.2, 0) is 0 Å². The van der Waals surface area contributed by atoms with Crippen LogP contribution in [0.1, 0.15) is 20.7 Å². The van der Waals surface area contributed by atoms with E-state index in [9.17, 15) is 9.59 Å². The Morgan fingerprint density at radius 1 is 0.950 bits per heavy atom. The monoisotopic (exact) mass is 267 g/mol. The number of nitrogens with zero attached hydrogens (tertiary/aromatic N) is 4. The second kappa shape index (κ2) is 4.03. The molecule has 0 radical (unpaired) electrons. The first-order chi connectivity index (χ1) is 9.69. The van der Waals surface area contributed by atoms with Crippen molar-refractivity contribution in [3.05, 3.63) is 34.0 Å². The van der Waals surface area contributed by atoms with Gasteiger partial charge in [0.05, 0.1) is 42.3 Å². The zero-order valence-corrected chi connectivity index (χ0v) is 9.81. The normalized spacial score (nSPS) is 11.9. The topological polar surface area (TPSA) is 108 Å². The molecule has 20 heavy (non-hydrogen) atoms. The number of hydrogen-bond donors (Lipinski definition) is 3. The van der Waals surface area contributed by atoms with Crippen LogP contribution in [-0.4, -0.2) is 33.9 Å². The van der Waals surface area contributed by atoms with Crippen molar-refractivity contribution in [2.75, 3.05) is 17.3 Å². The van der Waals surface area contributed by atoms with Gasteiger partial charge in [-0.1, -0.05) is 0 Å². The molecule has 1 aromatic heterocycles. The number of H-pyrrole nitrogens is 1. The number of aromatic amines is 1. The Bertz CT molecular complexity index is 784. The summed E-state index contributed by atoms with van der Waals surface area (Å²) in [6.07, 6.45) is 0. The van der Waals surface area contributed by atoms with E-state index in [1.165, 1.54) is 0 Å². The molecule has 0 saturated heterocycles. The minimum absolute atomic E-state index is 0.0466. The van der Waals surface area contributed by atoms with Gasteiger partial charge in [0.1, 0.15) is 11.0 Å². The molecule has 2 heterocycles. The third-order valence-electron chi connectivity index (χ3n) is 2.93. The molecular formula is C11H5N7O2. The SMILES string of the molecule is [C-]#[N+]C(=O)c1c2c(c(C(=O)[N+]#[C-])c3n[nH]nc13)NCN2. The highest BCUT2D eigenvalue weighted by Gasteiger charge is 2.31. The quantitative estimate of drug-likeness (QED) is 0.697. The lowest BCUT2D eigenvalue weighted by Gasteiger charge is -2.08. The molecule has 2 aromatic rings. The Morgan fingerprint density at radius 2 is 1.40 bits per heavy atom. The van der Waals surface area contributed by atoms with E-state index >= 15 is 0 Å². The number of aromatic nitrogens is 3. The maximum atomic E-state index is 11.8. The van der Waals surface area contributed by atoms with E-state index in [0.717, 1.165) is 0 Å². The highest BCUT2D eigenvalue weighted by atomic mass is 16.1. The first-order valence-corrected chi connectivity index (χ1v) is 5.40. The highest BCUT2D eigenvalue weighted by Crippen LogP contribution is 2.40. The molecule has 9 nitrogen and oxygen atoms in total.